The van der Waals surface area contributed by atoms with Gasteiger partial charge in [-0.2, -0.15) is 5.26 Å². The summed E-state index contributed by atoms with van der Waals surface area (Å²) < 4.78 is 28.9. The molecule has 0 bridgehead atoms. The van der Waals surface area contributed by atoms with Crippen molar-refractivity contribution in [2.45, 2.75) is 24.7 Å². The number of carbonyl (C=O) groups excluding carboxylic acids is 1. The van der Waals surface area contributed by atoms with Gasteiger partial charge in [0.15, 0.2) is 10.7 Å². The molecule has 2 atom stereocenters. The van der Waals surface area contributed by atoms with Gasteiger partial charge in [0.2, 0.25) is 0 Å². The molecule has 0 spiro atoms. The van der Waals surface area contributed by atoms with E-state index in [0.717, 1.165) is 11.1 Å². The largest absolute Gasteiger partial charge is 0.593 e. The van der Waals surface area contributed by atoms with E-state index in [9.17, 15) is 19.0 Å². The standard InChI is InChI=1S/C30H26FN5O2S/c1-20-9-11-34-28(13-20)29(37)30-16-22(18-33)27(35-25-7-5-24(31)6-8-25)15-23(30)10-12-36(19-30)39(38)26-4-2-3-21(14-26)17-32/h2-9,11,13-15,18H,10,12,16,19,33H2,1H3. The second-order valence-corrected chi connectivity index (χ2v) is 11.1. The van der Waals surface area contributed by atoms with Crippen molar-refractivity contribution in [3.63, 3.8) is 0 Å². The molecular weight excluding hydrogens is 513 g/mol. The minimum Gasteiger partial charge on any atom is -0.593 e. The SMILES string of the molecule is Cc1ccnc(C(=O)C23CC(=CN)C(=Nc4ccc(F)cc4)C=C2CCN([S+]([O-])c2cccc(C#N)c2)C3)c1. The van der Waals surface area contributed by atoms with E-state index < -0.39 is 16.8 Å². The zero-order chi connectivity index (χ0) is 27.6. The van der Waals surface area contributed by atoms with E-state index in [-0.39, 0.29) is 24.6 Å². The number of aryl methyl sites for hydroxylation is 1. The van der Waals surface area contributed by atoms with Crippen LogP contribution in [0.5, 0.6) is 0 Å². The predicted molar refractivity (Wildman–Crippen MR) is 148 cm³/mol. The molecule has 5 rings (SSSR count). The van der Waals surface area contributed by atoms with Crippen molar-refractivity contribution in [1.82, 2.24) is 9.29 Å². The van der Waals surface area contributed by atoms with Gasteiger partial charge in [-0.3, -0.25) is 9.78 Å². The van der Waals surface area contributed by atoms with Crippen LogP contribution in [-0.2, 0) is 11.4 Å². The van der Waals surface area contributed by atoms with Crippen LogP contribution in [0.15, 0.2) is 100 Å². The molecule has 9 heteroatoms. The van der Waals surface area contributed by atoms with Crippen LogP contribution in [0.4, 0.5) is 10.1 Å². The molecule has 0 amide bonds. The van der Waals surface area contributed by atoms with Crippen LogP contribution in [0.3, 0.4) is 0 Å². The highest BCUT2D eigenvalue weighted by atomic mass is 32.2. The number of nitrogens with zero attached hydrogens (tertiary/aromatic N) is 4. The molecule has 0 saturated carbocycles. The van der Waals surface area contributed by atoms with E-state index in [4.69, 9.17) is 10.7 Å². The first-order chi connectivity index (χ1) is 18.8. The number of pyridine rings is 1. The van der Waals surface area contributed by atoms with Crippen molar-refractivity contribution in [3.8, 4) is 6.07 Å². The van der Waals surface area contributed by atoms with Gasteiger partial charge < -0.3 is 10.3 Å². The highest BCUT2D eigenvalue weighted by Crippen LogP contribution is 2.47. The smallest absolute Gasteiger partial charge is 0.193 e. The van der Waals surface area contributed by atoms with Crippen molar-refractivity contribution in [1.29, 1.82) is 5.26 Å². The third-order valence-corrected chi connectivity index (χ3v) is 8.52. The molecule has 1 aromatic heterocycles. The van der Waals surface area contributed by atoms with Crippen LogP contribution < -0.4 is 5.73 Å². The van der Waals surface area contributed by atoms with E-state index in [2.05, 4.69) is 11.1 Å². The summed E-state index contributed by atoms with van der Waals surface area (Å²) in [7, 11) is 0. The molecule has 196 valence electrons. The minimum absolute atomic E-state index is 0.176. The van der Waals surface area contributed by atoms with Gasteiger partial charge in [-0.05, 0) is 91.7 Å². The number of aliphatic imine (C=N–C) groups is 1. The number of ketones is 1. The number of aromatic nitrogens is 1. The lowest BCUT2D eigenvalue weighted by molar-refractivity contribution is 0.0770. The quantitative estimate of drug-likeness (QED) is 0.362. The number of Topliss-reactive ketones (excluding diaryl/α,β-unsaturated/α-hetero) is 1. The highest BCUT2D eigenvalue weighted by Gasteiger charge is 2.52. The molecule has 2 heterocycles. The number of benzene rings is 2. The third-order valence-electron chi connectivity index (χ3n) is 7.08. The third kappa shape index (κ3) is 5.27. The summed E-state index contributed by atoms with van der Waals surface area (Å²) in [6.45, 7) is 2.52. The van der Waals surface area contributed by atoms with E-state index in [0.29, 0.717) is 46.1 Å². The first-order valence-electron chi connectivity index (χ1n) is 12.4. The van der Waals surface area contributed by atoms with Gasteiger partial charge in [0.25, 0.3) is 0 Å². The maximum absolute atomic E-state index is 14.3. The summed E-state index contributed by atoms with van der Waals surface area (Å²) in [5, 5.41) is 9.30. The molecule has 1 fully saturated rings. The number of allylic oxidation sites excluding steroid dienone is 2. The highest BCUT2D eigenvalue weighted by molar-refractivity contribution is 7.89. The molecular formula is C30H26FN5O2S. The Labute approximate surface area is 229 Å². The van der Waals surface area contributed by atoms with E-state index in [1.165, 1.54) is 18.3 Å². The van der Waals surface area contributed by atoms with Gasteiger partial charge in [-0.1, -0.05) is 11.6 Å². The average molecular weight is 540 g/mol. The van der Waals surface area contributed by atoms with Crippen LogP contribution in [-0.4, -0.2) is 38.4 Å². The van der Waals surface area contributed by atoms with Crippen LogP contribution in [0, 0.1) is 29.5 Å². The van der Waals surface area contributed by atoms with Crippen molar-refractivity contribution in [3.05, 3.63) is 113 Å². The second-order valence-electron chi connectivity index (χ2n) is 9.64. The van der Waals surface area contributed by atoms with Crippen molar-refractivity contribution < 1.29 is 13.7 Å². The molecule has 39 heavy (non-hydrogen) atoms. The summed E-state index contributed by atoms with van der Waals surface area (Å²) in [5.41, 5.74) is 9.35. The maximum atomic E-state index is 14.3. The van der Waals surface area contributed by atoms with Crippen molar-refractivity contribution in [2.24, 2.45) is 16.1 Å². The van der Waals surface area contributed by atoms with Crippen LogP contribution in [0.1, 0.15) is 34.5 Å². The monoisotopic (exact) mass is 539 g/mol. The number of fused-ring (bicyclic) bond motifs is 1. The average Bonchev–Trinajstić information content (AvgIpc) is 2.97. The van der Waals surface area contributed by atoms with Crippen LogP contribution in [0.25, 0.3) is 0 Å². The molecule has 2 aliphatic rings. The van der Waals surface area contributed by atoms with E-state index in [1.807, 2.05) is 19.1 Å². The molecule has 2 aromatic carbocycles. The molecule has 1 aliphatic heterocycles. The lowest BCUT2D eigenvalue weighted by Crippen LogP contribution is -2.53. The lowest BCUT2D eigenvalue weighted by Gasteiger charge is -2.45. The minimum atomic E-state index is -1.59. The van der Waals surface area contributed by atoms with Gasteiger partial charge in [-0.25, -0.2) is 9.38 Å². The van der Waals surface area contributed by atoms with Gasteiger partial charge >= 0.3 is 0 Å². The zero-order valence-corrected chi connectivity index (χ0v) is 22.1. The summed E-state index contributed by atoms with van der Waals surface area (Å²) in [6.07, 6.45) is 5.66. The molecule has 3 aromatic rings. The van der Waals surface area contributed by atoms with E-state index in [1.54, 1.807) is 53.0 Å². The number of halogens is 1. The number of carbonyl (C=O) groups is 1. The summed E-state index contributed by atoms with van der Waals surface area (Å²) >= 11 is -1.59. The fourth-order valence-electron chi connectivity index (χ4n) is 5.09. The van der Waals surface area contributed by atoms with Crippen molar-refractivity contribution in [2.75, 3.05) is 13.1 Å². The number of hydrogen-bond acceptors (Lipinski definition) is 7. The van der Waals surface area contributed by atoms with Crippen LogP contribution >= 0.6 is 0 Å². The zero-order valence-electron chi connectivity index (χ0n) is 21.3. The van der Waals surface area contributed by atoms with Gasteiger partial charge in [0.05, 0.1) is 46.4 Å². The summed E-state index contributed by atoms with van der Waals surface area (Å²) in [5.74, 6) is -0.531. The lowest BCUT2D eigenvalue weighted by atomic mass is 9.64. The van der Waals surface area contributed by atoms with Gasteiger partial charge in [-0.15, -0.1) is 4.31 Å². The Morgan fingerprint density at radius 1 is 1.26 bits per heavy atom. The molecule has 7 nitrogen and oxygen atoms in total. The Balaban J connectivity index is 1.59. The Morgan fingerprint density at radius 2 is 2.05 bits per heavy atom. The Kier molecular flexibility index (Phi) is 7.44. The Hall–Kier alpha value is -4.10. The number of hydrogen-bond donors (Lipinski definition) is 1. The first-order valence-corrected chi connectivity index (χ1v) is 13.5. The molecule has 1 aliphatic carbocycles. The van der Waals surface area contributed by atoms with Gasteiger partial charge in [0.1, 0.15) is 11.5 Å². The summed E-state index contributed by atoms with van der Waals surface area (Å²) in [6, 6.07) is 18.2. The normalized spacial score (nSPS) is 22.2. The number of nitrogens with two attached hydrogens (primary N) is 1. The van der Waals surface area contributed by atoms with Gasteiger partial charge in [0, 0.05) is 18.8 Å². The fraction of sp³-hybridized carbons (Fsp3) is 0.200. The number of rotatable bonds is 5. The Morgan fingerprint density at radius 3 is 2.77 bits per heavy atom. The van der Waals surface area contributed by atoms with Crippen molar-refractivity contribution >= 4 is 28.5 Å². The fourth-order valence-corrected chi connectivity index (χ4v) is 6.41. The molecule has 0 radical (unpaired) electrons. The summed E-state index contributed by atoms with van der Waals surface area (Å²) in [4.78, 5) is 23.8. The molecule has 2 unspecified atom stereocenters. The number of nitriles is 1. The molecule has 2 N–H and O–H groups in total. The first kappa shape index (κ1) is 26.5. The maximum Gasteiger partial charge on any atom is 0.193 e. The molecule has 1 saturated heterocycles. The Bertz CT molecular complexity index is 1560. The van der Waals surface area contributed by atoms with E-state index >= 15 is 0 Å². The number of piperidine rings is 1. The van der Waals surface area contributed by atoms with Crippen LogP contribution in [0.2, 0.25) is 0 Å². The predicted octanol–water partition coefficient (Wildman–Crippen LogP) is 4.94. The topological polar surface area (TPSA) is 118 Å². The second kappa shape index (κ2) is 10.9.